The summed E-state index contributed by atoms with van der Waals surface area (Å²) in [5.41, 5.74) is -3.02. The molecule has 0 aliphatic heterocycles. The standard InChI is InChI=1S/C23H25F6N5O/c1-21(2)10-17(3-4-18(21)35)33-19-14(11-30)12-32-20(34-19)31-6-5-13-7-15(22(24,25)26)9-16(8-13)23(27,28)29/h7-9,12,17-18,35H,3-6,10H2,1-2H3,(H2,31,32,33,34)/t17-,18?/m1/s1. The number of nitriles is 1. The number of benzene rings is 1. The van der Waals surface area contributed by atoms with Crippen molar-refractivity contribution in [2.24, 2.45) is 5.41 Å². The molecule has 1 fully saturated rings. The number of aliphatic hydroxyl groups excluding tert-OH is 1. The van der Waals surface area contributed by atoms with Gasteiger partial charge in [-0.3, -0.25) is 0 Å². The Hall–Kier alpha value is -3.07. The maximum atomic E-state index is 13.1. The van der Waals surface area contributed by atoms with E-state index in [1.807, 2.05) is 19.9 Å². The first-order valence-corrected chi connectivity index (χ1v) is 10.9. The van der Waals surface area contributed by atoms with Gasteiger partial charge >= 0.3 is 12.4 Å². The predicted molar refractivity (Wildman–Crippen MR) is 116 cm³/mol. The Kier molecular flexibility index (Phi) is 7.50. The molecule has 190 valence electrons. The van der Waals surface area contributed by atoms with Crippen LogP contribution in [0.4, 0.5) is 38.1 Å². The van der Waals surface area contributed by atoms with Crippen LogP contribution in [0.2, 0.25) is 0 Å². The lowest BCUT2D eigenvalue weighted by Gasteiger charge is -2.40. The maximum absolute atomic E-state index is 13.1. The zero-order valence-electron chi connectivity index (χ0n) is 19.1. The minimum absolute atomic E-state index is 0.0351. The molecular formula is C23H25F6N5O. The summed E-state index contributed by atoms with van der Waals surface area (Å²) in [6.45, 7) is 3.86. The van der Waals surface area contributed by atoms with Crippen LogP contribution in [0.15, 0.2) is 24.4 Å². The number of alkyl halides is 6. The van der Waals surface area contributed by atoms with Crippen LogP contribution in [-0.2, 0) is 18.8 Å². The summed E-state index contributed by atoms with van der Waals surface area (Å²) in [6.07, 6.45) is -7.23. The minimum atomic E-state index is -4.91. The first-order chi connectivity index (χ1) is 16.2. The topological polar surface area (TPSA) is 93.9 Å². The van der Waals surface area contributed by atoms with E-state index in [9.17, 15) is 36.7 Å². The quantitative estimate of drug-likeness (QED) is 0.460. The molecule has 1 aliphatic carbocycles. The fourth-order valence-corrected chi connectivity index (χ4v) is 4.08. The first-order valence-electron chi connectivity index (χ1n) is 10.9. The molecule has 0 radical (unpaired) electrons. The van der Waals surface area contributed by atoms with Crippen LogP contribution in [0.3, 0.4) is 0 Å². The first kappa shape index (κ1) is 26.5. The van der Waals surface area contributed by atoms with Crippen molar-refractivity contribution in [3.8, 4) is 6.07 Å². The van der Waals surface area contributed by atoms with Crippen LogP contribution in [0.1, 0.15) is 55.4 Å². The lowest BCUT2D eigenvalue weighted by molar-refractivity contribution is -0.143. The van der Waals surface area contributed by atoms with E-state index in [-0.39, 0.29) is 53.4 Å². The van der Waals surface area contributed by atoms with Gasteiger partial charge in [0.15, 0.2) is 0 Å². The van der Waals surface area contributed by atoms with Gasteiger partial charge in [0.25, 0.3) is 0 Å². The number of aromatic nitrogens is 2. The second kappa shape index (κ2) is 9.89. The van der Waals surface area contributed by atoms with Gasteiger partial charge in [-0.05, 0) is 54.9 Å². The highest BCUT2D eigenvalue weighted by Crippen LogP contribution is 2.38. The highest BCUT2D eigenvalue weighted by molar-refractivity contribution is 5.54. The molecule has 1 aliphatic rings. The molecule has 0 bridgehead atoms. The van der Waals surface area contributed by atoms with Crippen LogP contribution in [0.5, 0.6) is 0 Å². The van der Waals surface area contributed by atoms with Gasteiger partial charge in [-0.2, -0.15) is 36.6 Å². The molecule has 3 N–H and O–H groups in total. The van der Waals surface area contributed by atoms with E-state index in [0.29, 0.717) is 31.4 Å². The summed E-state index contributed by atoms with van der Waals surface area (Å²) in [7, 11) is 0. The van der Waals surface area contributed by atoms with Crippen LogP contribution < -0.4 is 10.6 Å². The summed E-state index contributed by atoms with van der Waals surface area (Å²) in [5.74, 6) is 0.338. The number of nitrogens with one attached hydrogen (secondary N) is 2. The van der Waals surface area contributed by atoms with Gasteiger partial charge in [0.1, 0.15) is 17.5 Å². The lowest BCUT2D eigenvalue weighted by Crippen LogP contribution is -2.41. The Morgan fingerprint density at radius 2 is 1.71 bits per heavy atom. The Morgan fingerprint density at radius 3 is 2.26 bits per heavy atom. The van der Waals surface area contributed by atoms with E-state index < -0.39 is 29.6 Å². The Labute approximate surface area is 198 Å². The number of nitrogens with zero attached hydrogens (tertiary/aromatic N) is 3. The van der Waals surface area contributed by atoms with Crippen LogP contribution >= 0.6 is 0 Å². The third-order valence-corrected chi connectivity index (χ3v) is 6.06. The number of aliphatic hydroxyl groups is 1. The van der Waals surface area contributed by atoms with E-state index in [1.54, 1.807) is 0 Å². The molecule has 2 aromatic rings. The van der Waals surface area contributed by atoms with Gasteiger partial charge in [-0.1, -0.05) is 13.8 Å². The predicted octanol–water partition coefficient (Wildman–Crippen LogP) is 5.39. The minimum Gasteiger partial charge on any atom is -0.393 e. The van der Waals surface area contributed by atoms with Crippen molar-refractivity contribution in [1.82, 2.24) is 9.97 Å². The summed E-state index contributed by atoms with van der Waals surface area (Å²) in [6, 6.07) is 3.39. The smallest absolute Gasteiger partial charge is 0.393 e. The van der Waals surface area contributed by atoms with Gasteiger partial charge in [-0.25, -0.2) is 4.98 Å². The SMILES string of the molecule is CC1(C)C[C@H](Nc2nc(NCCc3cc(C(F)(F)F)cc(C(F)(F)F)c3)ncc2C#N)CCC1O. The summed E-state index contributed by atoms with van der Waals surface area (Å²) >= 11 is 0. The summed E-state index contributed by atoms with van der Waals surface area (Å²) in [4.78, 5) is 8.27. The van der Waals surface area contributed by atoms with Crippen molar-refractivity contribution >= 4 is 11.8 Å². The van der Waals surface area contributed by atoms with Gasteiger partial charge in [-0.15, -0.1) is 0 Å². The van der Waals surface area contributed by atoms with Gasteiger partial charge in [0.05, 0.1) is 23.4 Å². The second-order valence-corrected chi connectivity index (χ2v) is 9.29. The largest absolute Gasteiger partial charge is 0.416 e. The van der Waals surface area contributed by atoms with E-state index in [0.717, 1.165) is 0 Å². The second-order valence-electron chi connectivity index (χ2n) is 9.29. The summed E-state index contributed by atoms with van der Waals surface area (Å²) in [5, 5.41) is 25.5. The monoisotopic (exact) mass is 501 g/mol. The third-order valence-electron chi connectivity index (χ3n) is 6.06. The van der Waals surface area contributed by atoms with Gasteiger partial charge in [0, 0.05) is 12.6 Å². The molecule has 1 heterocycles. The fourth-order valence-electron chi connectivity index (χ4n) is 4.08. The fraction of sp³-hybridized carbons (Fsp3) is 0.522. The van der Waals surface area contributed by atoms with E-state index in [2.05, 4.69) is 20.6 Å². The maximum Gasteiger partial charge on any atom is 0.416 e. The number of rotatable bonds is 6. The van der Waals surface area contributed by atoms with Crippen molar-refractivity contribution in [3.05, 3.63) is 46.6 Å². The molecule has 1 unspecified atom stereocenters. The van der Waals surface area contributed by atoms with Crippen molar-refractivity contribution in [1.29, 1.82) is 5.26 Å². The number of hydrogen-bond acceptors (Lipinski definition) is 6. The van der Waals surface area contributed by atoms with Crippen molar-refractivity contribution in [3.63, 3.8) is 0 Å². The average Bonchev–Trinajstić information content (AvgIpc) is 2.75. The molecule has 1 aromatic carbocycles. The molecular weight excluding hydrogens is 476 g/mol. The molecule has 12 heteroatoms. The normalized spacial score (nSPS) is 20.2. The highest BCUT2D eigenvalue weighted by Gasteiger charge is 2.37. The molecule has 6 nitrogen and oxygen atoms in total. The van der Waals surface area contributed by atoms with Crippen molar-refractivity contribution < 1.29 is 31.4 Å². The molecule has 1 saturated carbocycles. The Morgan fingerprint density at radius 1 is 1.09 bits per heavy atom. The van der Waals surface area contributed by atoms with E-state index in [4.69, 9.17) is 0 Å². The van der Waals surface area contributed by atoms with E-state index in [1.165, 1.54) is 6.20 Å². The molecule has 3 rings (SSSR count). The van der Waals surface area contributed by atoms with Crippen molar-refractivity contribution in [2.75, 3.05) is 17.2 Å². The van der Waals surface area contributed by atoms with Crippen molar-refractivity contribution in [2.45, 2.75) is 64.0 Å². The van der Waals surface area contributed by atoms with Crippen LogP contribution in [-0.4, -0.2) is 33.8 Å². The lowest BCUT2D eigenvalue weighted by atomic mass is 9.73. The number of halogens is 6. The Balaban J connectivity index is 1.71. The Bertz CT molecular complexity index is 1060. The molecule has 0 spiro atoms. The molecule has 0 saturated heterocycles. The van der Waals surface area contributed by atoms with E-state index >= 15 is 0 Å². The summed E-state index contributed by atoms with van der Waals surface area (Å²) < 4.78 is 78.3. The molecule has 35 heavy (non-hydrogen) atoms. The molecule has 2 atom stereocenters. The zero-order valence-corrected chi connectivity index (χ0v) is 19.1. The average molecular weight is 501 g/mol. The van der Waals surface area contributed by atoms with Crippen LogP contribution in [0.25, 0.3) is 0 Å². The number of hydrogen-bond donors (Lipinski definition) is 3. The van der Waals surface area contributed by atoms with Gasteiger partial charge < -0.3 is 15.7 Å². The highest BCUT2D eigenvalue weighted by atomic mass is 19.4. The zero-order chi connectivity index (χ0) is 26.0. The third kappa shape index (κ3) is 6.75. The van der Waals surface area contributed by atoms with Crippen LogP contribution in [0, 0.1) is 16.7 Å². The molecule has 1 aromatic heterocycles. The molecule has 0 amide bonds. The van der Waals surface area contributed by atoms with Gasteiger partial charge in [0.2, 0.25) is 5.95 Å². The number of anilines is 2.